The molecule has 0 N–H and O–H groups in total. The largest absolute Gasteiger partial charge is 0.417 e. The molecule has 5 nitrogen and oxygen atoms in total. The number of benzene rings is 1. The first-order valence-electron chi connectivity index (χ1n) is 8.46. The minimum atomic E-state index is -4.68. The van der Waals surface area contributed by atoms with Gasteiger partial charge in [0.25, 0.3) is 11.5 Å². The number of carbonyl (C=O) groups excluding carboxylic acids is 1. The summed E-state index contributed by atoms with van der Waals surface area (Å²) in [6.07, 6.45) is -3.56. The molecule has 1 aliphatic heterocycles. The zero-order valence-corrected chi connectivity index (χ0v) is 16.4. The molecule has 3 aromatic rings. The number of amides is 1. The van der Waals surface area contributed by atoms with Crippen molar-refractivity contribution in [3.05, 3.63) is 50.8 Å². The first kappa shape index (κ1) is 20.7. The maximum atomic E-state index is 13.2. The number of carbonyl (C=O) groups is 1. The quantitative estimate of drug-likeness (QED) is 0.545. The lowest BCUT2D eigenvalue weighted by molar-refractivity contribution is -0.166. The van der Waals surface area contributed by atoms with Gasteiger partial charge in [0.1, 0.15) is 11.4 Å². The van der Waals surface area contributed by atoms with Crippen molar-refractivity contribution in [1.29, 1.82) is 0 Å². The molecule has 1 aliphatic rings. The second-order valence-corrected chi connectivity index (χ2v) is 8.07. The van der Waals surface area contributed by atoms with E-state index >= 15 is 0 Å². The number of alkyl halides is 5. The van der Waals surface area contributed by atoms with Crippen LogP contribution < -0.4 is 5.56 Å². The monoisotopic (exact) mass is 463 g/mol. The molecule has 0 spiro atoms. The van der Waals surface area contributed by atoms with Gasteiger partial charge in [-0.3, -0.25) is 14.2 Å². The van der Waals surface area contributed by atoms with Crippen molar-refractivity contribution in [3.63, 3.8) is 0 Å². The SMILES string of the molecule is O=C(Cn1cnc2scc(-c3ccc(Cl)c(C(F)(F)F)c3)c2c1=O)N1CC(F)(F)C1. The van der Waals surface area contributed by atoms with Gasteiger partial charge in [-0.2, -0.15) is 13.2 Å². The average molecular weight is 464 g/mol. The summed E-state index contributed by atoms with van der Waals surface area (Å²) in [5.74, 6) is -3.61. The maximum absolute atomic E-state index is 13.2. The third-order valence-corrected chi connectivity index (χ3v) is 5.86. The molecule has 3 heterocycles. The first-order chi connectivity index (χ1) is 14.0. The van der Waals surface area contributed by atoms with E-state index in [9.17, 15) is 31.5 Å². The molecule has 1 aromatic carbocycles. The molecule has 0 radical (unpaired) electrons. The maximum Gasteiger partial charge on any atom is 0.417 e. The first-order valence-corrected chi connectivity index (χ1v) is 9.71. The third-order valence-electron chi connectivity index (χ3n) is 4.65. The van der Waals surface area contributed by atoms with Crippen LogP contribution in [0.2, 0.25) is 5.02 Å². The number of likely N-dealkylation sites (tertiary alicyclic amines) is 1. The van der Waals surface area contributed by atoms with E-state index in [0.717, 1.165) is 39.3 Å². The molecule has 0 aliphatic carbocycles. The van der Waals surface area contributed by atoms with E-state index in [2.05, 4.69) is 4.98 Å². The van der Waals surface area contributed by atoms with E-state index in [1.165, 1.54) is 11.4 Å². The number of hydrogen-bond acceptors (Lipinski definition) is 4. The van der Waals surface area contributed by atoms with Crippen LogP contribution in [0, 0.1) is 0 Å². The number of fused-ring (bicyclic) bond motifs is 1. The molecular formula is C18H11ClF5N3O2S. The molecule has 0 atom stereocenters. The summed E-state index contributed by atoms with van der Waals surface area (Å²) in [5.41, 5.74) is -1.37. The normalized spacial score (nSPS) is 16.0. The zero-order chi connectivity index (χ0) is 21.8. The van der Waals surface area contributed by atoms with Crippen LogP contribution in [0.1, 0.15) is 5.56 Å². The van der Waals surface area contributed by atoms with Crippen molar-refractivity contribution in [2.45, 2.75) is 18.6 Å². The van der Waals surface area contributed by atoms with Crippen LogP contribution in [0.25, 0.3) is 21.3 Å². The molecule has 4 rings (SSSR count). The van der Waals surface area contributed by atoms with E-state index in [0.29, 0.717) is 0 Å². The number of rotatable bonds is 3. The summed E-state index contributed by atoms with van der Waals surface area (Å²) in [6.45, 7) is -1.93. The van der Waals surface area contributed by atoms with Gasteiger partial charge in [-0.05, 0) is 17.7 Å². The van der Waals surface area contributed by atoms with Crippen LogP contribution in [-0.4, -0.2) is 39.4 Å². The van der Waals surface area contributed by atoms with Gasteiger partial charge in [0, 0.05) is 10.9 Å². The van der Waals surface area contributed by atoms with Gasteiger partial charge in [-0.15, -0.1) is 11.3 Å². The Morgan fingerprint density at radius 3 is 2.60 bits per heavy atom. The molecule has 1 amide bonds. The Hall–Kier alpha value is -2.53. The van der Waals surface area contributed by atoms with Crippen LogP contribution in [-0.2, 0) is 17.5 Å². The van der Waals surface area contributed by atoms with Gasteiger partial charge in [0.2, 0.25) is 5.91 Å². The minimum Gasteiger partial charge on any atom is -0.329 e. The van der Waals surface area contributed by atoms with Gasteiger partial charge in [-0.25, -0.2) is 13.8 Å². The Bertz CT molecular complexity index is 1210. The fraction of sp³-hybridized carbons (Fsp3) is 0.278. The van der Waals surface area contributed by atoms with Gasteiger partial charge in [-0.1, -0.05) is 17.7 Å². The molecule has 30 heavy (non-hydrogen) atoms. The van der Waals surface area contributed by atoms with Crippen LogP contribution in [0.5, 0.6) is 0 Å². The summed E-state index contributed by atoms with van der Waals surface area (Å²) in [5, 5.41) is 1.06. The highest BCUT2D eigenvalue weighted by atomic mass is 35.5. The fourth-order valence-electron chi connectivity index (χ4n) is 3.14. The molecule has 1 fully saturated rings. The van der Waals surface area contributed by atoms with E-state index in [4.69, 9.17) is 11.6 Å². The molecular weight excluding hydrogens is 453 g/mol. The Balaban J connectivity index is 1.73. The van der Waals surface area contributed by atoms with Crippen molar-refractivity contribution in [3.8, 4) is 11.1 Å². The lowest BCUT2D eigenvalue weighted by Crippen LogP contribution is -2.59. The van der Waals surface area contributed by atoms with Crippen LogP contribution in [0.15, 0.2) is 34.7 Å². The molecule has 2 aromatic heterocycles. The van der Waals surface area contributed by atoms with Crippen LogP contribution in [0.4, 0.5) is 22.0 Å². The Morgan fingerprint density at radius 2 is 1.97 bits per heavy atom. The summed E-state index contributed by atoms with van der Waals surface area (Å²) in [7, 11) is 0. The average Bonchev–Trinajstić information content (AvgIpc) is 3.06. The molecule has 158 valence electrons. The number of nitrogens with zero attached hydrogens (tertiary/aromatic N) is 3. The Kier molecular flexibility index (Phi) is 4.85. The third kappa shape index (κ3) is 3.67. The smallest absolute Gasteiger partial charge is 0.329 e. The number of hydrogen-bond donors (Lipinski definition) is 0. The molecule has 0 saturated carbocycles. The topological polar surface area (TPSA) is 55.2 Å². The van der Waals surface area contributed by atoms with Crippen molar-refractivity contribution in [2.75, 3.05) is 13.1 Å². The predicted octanol–water partition coefficient (Wildman–Crippen LogP) is 4.27. The van der Waals surface area contributed by atoms with E-state index in [1.807, 2.05) is 0 Å². The van der Waals surface area contributed by atoms with Gasteiger partial charge in [0.05, 0.1) is 35.4 Å². The molecule has 1 saturated heterocycles. The van der Waals surface area contributed by atoms with Gasteiger partial charge in [0.15, 0.2) is 0 Å². The van der Waals surface area contributed by atoms with E-state index in [1.54, 1.807) is 0 Å². The Labute approximate surface area is 174 Å². The van der Waals surface area contributed by atoms with Crippen molar-refractivity contribution >= 4 is 39.1 Å². The highest BCUT2D eigenvalue weighted by molar-refractivity contribution is 7.17. The van der Waals surface area contributed by atoms with E-state index < -0.39 is 53.8 Å². The summed E-state index contributed by atoms with van der Waals surface area (Å²) in [6, 6.07) is 3.28. The zero-order valence-electron chi connectivity index (χ0n) is 14.8. The highest BCUT2D eigenvalue weighted by Crippen LogP contribution is 2.39. The number of aromatic nitrogens is 2. The standard InChI is InChI=1S/C18H11ClF5N3O2S/c19-12-2-1-9(3-11(12)18(22,23)24)10-5-30-15-14(10)16(29)26(8-25-15)4-13(28)27-6-17(20,21)7-27/h1-3,5,8H,4,6-7H2. The van der Waals surface area contributed by atoms with Crippen LogP contribution >= 0.6 is 22.9 Å². The molecule has 0 bridgehead atoms. The van der Waals surface area contributed by atoms with E-state index in [-0.39, 0.29) is 21.3 Å². The molecule has 0 unspecified atom stereocenters. The van der Waals surface area contributed by atoms with Gasteiger partial charge >= 0.3 is 6.18 Å². The lowest BCUT2D eigenvalue weighted by Gasteiger charge is -2.38. The highest BCUT2D eigenvalue weighted by Gasteiger charge is 2.46. The number of thiophene rings is 1. The fourth-order valence-corrected chi connectivity index (χ4v) is 4.27. The summed E-state index contributed by atoms with van der Waals surface area (Å²) >= 11 is 6.71. The van der Waals surface area contributed by atoms with Crippen molar-refractivity contribution < 1.29 is 26.7 Å². The summed E-state index contributed by atoms with van der Waals surface area (Å²) < 4.78 is 66.4. The minimum absolute atomic E-state index is 0.0414. The molecule has 12 heteroatoms. The second-order valence-electron chi connectivity index (χ2n) is 6.81. The number of halogens is 6. The Morgan fingerprint density at radius 1 is 1.27 bits per heavy atom. The van der Waals surface area contributed by atoms with Crippen molar-refractivity contribution in [2.24, 2.45) is 0 Å². The van der Waals surface area contributed by atoms with Crippen molar-refractivity contribution in [1.82, 2.24) is 14.5 Å². The lowest BCUT2D eigenvalue weighted by atomic mass is 10.0. The summed E-state index contributed by atoms with van der Waals surface area (Å²) in [4.78, 5) is 30.3. The predicted molar refractivity (Wildman–Crippen MR) is 101 cm³/mol. The van der Waals surface area contributed by atoms with Crippen LogP contribution in [0.3, 0.4) is 0 Å². The van der Waals surface area contributed by atoms with Gasteiger partial charge < -0.3 is 4.90 Å². The second kappa shape index (κ2) is 7.02.